The molecule has 0 aliphatic heterocycles. The van der Waals surface area contributed by atoms with E-state index >= 15 is 0 Å². The highest BCUT2D eigenvalue weighted by Crippen LogP contribution is 2.20. The van der Waals surface area contributed by atoms with Crippen molar-refractivity contribution in [2.45, 2.75) is 11.8 Å². The summed E-state index contributed by atoms with van der Waals surface area (Å²) in [5, 5.41) is 4.07. The molecule has 2 rings (SSSR count). The highest BCUT2D eigenvalue weighted by Gasteiger charge is 2.20. The topological polar surface area (TPSA) is 115 Å². The SMILES string of the molecule is Cc1cc(NS(=O)(=O)c2cccnc2NN)n(C)n1. The molecule has 0 aliphatic rings. The minimum atomic E-state index is -3.78. The second-order valence-corrected chi connectivity index (χ2v) is 5.55. The van der Waals surface area contributed by atoms with Gasteiger partial charge in [0.2, 0.25) is 0 Å². The van der Waals surface area contributed by atoms with E-state index in [0.717, 1.165) is 0 Å². The Labute approximate surface area is 110 Å². The van der Waals surface area contributed by atoms with E-state index in [0.29, 0.717) is 11.5 Å². The maximum atomic E-state index is 12.3. The standard InChI is InChI=1S/C10H14N6O2S/c1-7-6-9(16(2)14-7)15-19(17,18)8-4-3-5-12-10(8)13-11/h3-6,15H,11H2,1-2H3,(H,12,13). The van der Waals surface area contributed by atoms with E-state index in [4.69, 9.17) is 5.84 Å². The van der Waals surface area contributed by atoms with Crippen LogP contribution >= 0.6 is 0 Å². The first-order valence-corrected chi connectivity index (χ1v) is 6.87. The third-order valence-corrected chi connectivity index (χ3v) is 3.82. The quantitative estimate of drug-likeness (QED) is 0.545. The van der Waals surface area contributed by atoms with E-state index in [2.05, 4.69) is 20.2 Å². The molecular weight excluding hydrogens is 268 g/mol. The zero-order chi connectivity index (χ0) is 14.0. The average Bonchev–Trinajstić information content (AvgIpc) is 2.67. The highest BCUT2D eigenvalue weighted by atomic mass is 32.2. The Kier molecular flexibility index (Phi) is 3.40. The molecule has 102 valence electrons. The predicted octanol–water partition coefficient (Wildman–Crippen LogP) is 0.210. The number of nitrogens with one attached hydrogen (secondary N) is 2. The summed E-state index contributed by atoms with van der Waals surface area (Å²) >= 11 is 0. The zero-order valence-corrected chi connectivity index (χ0v) is 11.3. The first-order chi connectivity index (χ1) is 8.94. The summed E-state index contributed by atoms with van der Waals surface area (Å²) in [5.41, 5.74) is 2.97. The number of nitrogens with two attached hydrogens (primary N) is 1. The molecule has 2 heterocycles. The van der Waals surface area contributed by atoms with Gasteiger partial charge in [0, 0.05) is 19.3 Å². The second kappa shape index (κ2) is 4.86. The van der Waals surface area contributed by atoms with E-state index in [-0.39, 0.29) is 10.7 Å². The molecular formula is C10H14N6O2S. The molecule has 4 N–H and O–H groups in total. The molecule has 9 heteroatoms. The third-order valence-electron chi connectivity index (χ3n) is 2.44. The van der Waals surface area contributed by atoms with Crippen molar-refractivity contribution in [2.75, 3.05) is 10.1 Å². The van der Waals surface area contributed by atoms with E-state index in [1.165, 1.54) is 23.0 Å². The molecule has 0 fully saturated rings. The summed E-state index contributed by atoms with van der Waals surface area (Å²) < 4.78 is 28.4. The lowest BCUT2D eigenvalue weighted by Gasteiger charge is -2.10. The van der Waals surface area contributed by atoms with Crippen molar-refractivity contribution in [3.8, 4) is 0 Å². The smallest absolute Gasteiger partial charge is 0.266 e. The molecule has 2 aromatic rings. The van der Waals surface area contributed by atoms with Gasteiger partial charge in [-0.3, -0.25) is 9.40 Å². The van der Waals surface area contributed by atoms with Crippen molar-refractivity contribution in [3.63, 3.8) is 0 Å². The Hall–Kier alpha value is -2.13. The van der Waals surface area contributed by atoms with E-state index in [1.807, 2.05) is 0 Å². The van der Waals surface area contributed by atoms with Gasteiger partial charge in [-0.05, 0) is 19.1 Å². The number of aryl methyl sites for hydroxylation is 2. The van der Waals surface area contributed by atoms with Gasteiger partial charge in [0.05, 0.1) is 5.69 Å². The highest BCUT2D eigenvalue weighted by molar-refractivity contribution is 7.92. The van der Waals surface area contributed by atoms with Crippen LogP contribution in [0, 0.1) is 6.92 Å². The Morgan fingerprint density at radius 2 is 2.16 bits per heavy atom. The first-order valence-electron chi connectivity index (χ1n) is 5.39. The number of aromatic nitrogens is 3. The van der Waals surface area contributed by atoms with Crippen molar-refractivity contribution in [1.82, 2.24) is 14.8 Å². The van der Waals surface area contributed by atoms with Gasteiger partial charge < -0.3 is 5.43 Å². The Balaban J connectivity index is 2.40. The van der Waals surface area contributed by atoms with Gasteiger partial charge in [0.25, 0.3) is 10.0 Å². The molecule has 0 aromatic carbocycles. The van der Waals surface area contributed by atoms with Crippen LogP contribution < -0.4 is 16.0 Å². The molecule has 0 aliphatic carbocycles. The molecule has 0 saturated carbocycles. The van der Waals surface area contributed by atoms with Crippen LogP contribution in [0.1, 0.15) is 5.69 Å². The number of sulfonamides is 1. The molecule has 2 aromatic heterocycles. The fourth-order valence-electron chi connectivity index (χ4n) is 1.61. The fraction of sp³-hybridized carbons (Fsp3) is 0.200. The molecule has 0 atom stereocenters. The lowest BCUT2D eigenvalue weighted by Crippen LogP contribution is -2.19. The van der Waals surface area contributed by atoms with Gasteiger partial charge in [0.15, 0.2) is 5.82 Å². The number of hydrogen-bond acceptors (Lipinski definition) is 6. The average molecular weight is 282 g/mol. The minimum Gasteiger partial charge on any atom is -0.307 e. The molecule has 0 amide bonds. The third kappa shape index (κ3) is 2.66. The molecule has 0 saturated heterocycles. The van der Waals surface area contributed by atoms with Gasteiger partial charge in [-0.25, -0.2) is 19.2 Å². The van der Waals surface area contributed by atoms with E-state index in [9.17, 15) is 8.42 Å². The summed E-state index contributed by atoms with van der Waals surface area (Å²) in [5.74, 6) is 5.70. The maximum Gasteiger partial charge on any atom is 0.266 e. The Morgan fingerprint density at radius 3 is 2.74 bits per heavy atom. The van der Waals surface area contributed by atoms with Crippen LogP contribution in [0.5, 0.6) is 0 Å². The monoisotopic (exact) mass is 282 g/mol. The van der Waals surface area contributed by atoms with Crippen LogP contribution in [0.2, 0.25) is 0 Å². The summed E-state index contributed by atoms with van der Waals surface area (Å²) in [6.45, 7) is 1.77. The molecule has 19 heavy (non-hydrogen) atoms. The summed E-state index contributed by atoms with van der Waals surface area (Å²) in [7, 11) is -2.13. The van der Waals surface area contributed by atoms with Crippen LogP contribution in [-0.2, 0) is 17.1 Å². The zero-order valence-electron chi connectivity index (χ0n) is 10.5. The van der Waals surface area contributed by atoms with E-state index in [1.54, 1.807) is 20.0 Å². The number of nitrogens with zero attached hydrogens (tertiary/aromatic N) is 3. The van der Waals surface area contributed by atoms with Crippen molar-refractivity contribution >= 4 is 21.7 Å². The fourth-order valence-corrected chi connectivity index (χ4v) is 2.81. The van der Waals surface area contributed by atoms with Gasteiger partial charge in [-0.1, -0.05) is 0 Å². The number of nitrogen functional groups attached to an aromatic ring is 1. The number of pyridine rings is 1. The molecule has 0 spiro atoms. The van der Waals surface area contributed by atoms with Crippen molar-refractivity contribution in [1.29, 1.82) is 0 Å². The Bertz CT molecular complexity index is 694. The number of anilines is 2. The van der Waals surface area contributed by atoms with Crippen LogP contribution in [0.3, 0.4) is 0 Å². The second-order valence-electron chi connectivity index (χ2n) is 3.89. The van der Waals surface area contributed by atoms with Gasteiger partial charge in [-0.2, -0.15) is 5.10 Å². The minimum absolute atomic E-state index is 0.0312. The van der Waals surface area contributed by atoms with Crippen LogP contribution in [0.4, 0.5) is 11.6 Å². The Morgan fingerprint density at radius 1 is 1.42 bits per heavy atom. The molecule has 0 radical (unpaired) electrons. The summed E-state index contributed by atoms with van der Waals surface area (Å²) in [4.78, 5) is 3.82. The number of hydrogen-bond donors (Lipinski definition) is 3. The predicted molar refractivity (Wildman–Crippen MR) is 70.8 cm³/mol. The number of hydrazine groups is 1. The first kappa shape index (κ1) is 13.3. The van der Waals surface area contributed by atoms with Crippen molar-refractivity contribution < 1.29 is 8.42 Å². The maximum absolute atomic E-state index is 12.3. The molecule has 0 bridgehead atoms. The normalized spacial score (nSPS) is 11.3. The number of rotatable bonds is 4. The lowest BCUT2D eigenvalue weighted by molar-refractivity contribution is 0.600. The van der Waals surface area contributed by atoms with Gasteiger partial charge in [-0.15, -0.1) is 0 Å². The van der Waals surface area contributed by atoms with Crippen molar-refractivity contribution in [2.24, 2.45) is 12.9 Å². The van der Waals surface area contributed by atoms with E-state index < -0.39 is 10.0 Å². The van der Waals surface area contributed by atoms with Gasteiger partial charge in [0.1, 0.15) is 10.7 Å². The largest absolute Gasteiger partial charge is 0.307 e. The molecule has 8 nitrogen and oxygen atoms in total. The van der Waals surface area contributed by atoms with Crippen LogP contribution in [-0.4, -0.2) is 23.2 Å². The summed E-state index contributed by atoms with van der Waals surface area (Å²) in [6, 6.07) is 4.56. The van der Waals surface area contributed by atoms with Crippen molar-refractivity contribution in [3.05, 3.63) is 30.1 Å². The lowest BCUT2D eigenvalue weighted by atomic mass is 10.5. The van der Waals surface area contributed by atoms with Crippen LogP contribution in [0.15, 0.2) is 29.3 Å². The summed E-state index contributed by atoms with van der Waals surface area (Å²) in [6.07, 6.45) is 1.45. The van der Waals surface area contributed by atoms with Crippen LogP contribution in [0.25, 0.3) is 0 Å². The van der Waals surface area contributed by atoms with Gasteiger partial charge >= 0.3 is 0 Å². The molecule has 0 unspecified atom stereocenters.